The van der Waals surface area contributed by atoms with E-state index in [1.807, 2.05) is 36.5 Å². The van der Waals surface area contributed by atoms with Gasteiger partial charge >= 0.3 is 0 Å². The van der Waals surface area contributed by atoms with E-state index in [0.717, 1.165) is 27.8 Å². The first-order chi connectivity index (χ1) is 9.79. The Morgan fingerprint density at radius 1 is 1.05 bits per heavy atom. The number of anilines is 3. The number of thioether (sulfide) groups is 1. The number of para-hydroxylation sites is 1. The molecule has 0 atom stereocenters. The number of hydrogen-bond acceptors (Lipinski definition) is 4. The summed E-state index contributed by atoms with van der Waals surface area (Å²) in [5.41, 5.74) is 9.00. The van der Waals surface area contributed by atoms with Crippen molar-refractivity contribution in [3.63, 3.8) is 0 Å². The fourth-order valence-electron chi connectivity index (χ4n) is 2.19. The van der Waals surface area contributed by atoms with Gasteiger partial charge in [-0.25, -0.2) is 0 Å². The number of nitrogen functional groups attached to an aromatic ring is 1. The van der Waals surface area contributed by atoms with Crippen LogP contribution in [0.1, 0.15) is 0 Å². The summed E-state index contributed by atoms with van der Waals surface area (Å²) in [7, 11) is 0. The van der Waals surface area contributed by atoms with Gasteiger partial charge in [0.25, 0.3) is 0 Å². The van der Waals surface area contributed by atoms with Crippen LogP contribution in [-0.2, 0) is 0 Å². The van der Waals surface area contributed by atoms with Crippen LogP contribution in [0.15, 0.2) is 59.8 Å². The molecule has 0 aliphatic heterocycles. The number of benzene rings is 2. The first-order valence-electron chi connectivity index (χ1n) is 6.32. The number of nitrogens with two attached hydrogens (primary N) is 1. The molecular weight excluding hydrogens is 266 g/mol. The molecule has 0 aliphatic rings. The minimum atomic E-state index is 0.751. The summed E-state index contributed by atoms with van der Waals surface area (Å²) < 4.78 is 0. The second kappa shape index (κ2) is 5.43. The lowest BCUT2D eigenvalue weighted by atomic mass is 10.1. The van der Waals surface area contributed by atoms with Crippen molar-refractivity contribution in [3.05, 3.63) is 54.9 Å². The molecule has 0 saturated carbocycles. The second-order valence-electron chi connectivity index (χ2n) is 4.45. The fraction of sp³-hybridized carbons (Fsp3) is 0.0625. The molecule has 20 heavy (non-hydrogen) atoms. The molecule has 3 N–H and O–H groups in total. The summed E-state index contributed by atoms with van der Waals surface area (Å²) in [6, 6.07) is 14.2. The zero-order chi connectivity index (χ0) is 13.9. The predicted octanol–water partition coefficient (Wildman–Crippen LogP) is 4.28. The van der Waals surface area contributed by atoms with E-state index in [2.05, 4.69) is 28.7 Å². The van der Waals surface area contributed by atoms with Crippen molar-refractivity contribution in [1.82, 2.24) is 4.98 Å². The summed E-state index contributed by atoms with van der Waals surface area (Å²) in [4.78, 5) is 5.31. The van der Waals surface area contributed by atoms with Gasteiger partial charge in [-0.05, 0) is 30.5 Å². The van der Waals surface area contributed by atoms with Crippen LogP contribution in [-0.4, -0.2) is 11.2 Å². The molecule has 3 rings (SSSR count). The van der Waals surface area contributed by atoms with E-state index in [0.29, 0.717) is 0 Å². The van der Waals surface area contributed by atoms with Crippen LogP contribution in [0.25, 0.3) is 10.8 Å². The van der Waals surface area contributed by atoms with Crippen LogP contribution in [0.5, 0.6) is 0 Å². The first kappa shape index (κ1) is 12.8. The summed E-state index contributed by atoms with van der Waals surface area (Å²) in [6.07, 6.45) is 5.65. The lowest BCUT2D eigenvalue weighted by Gasteiger charge is -2.13. The van der Waals surface area contributed by atoms with Crippen molar-refractivity contribution in [1.29, 1.82) is 0 Å². The van der Waals surface area contributed by atoms with Gasteiger partial charge in [0.1, 0.15) is 0 Å². The Kier molecular flexibility index (Phi) is 3.48. The van der Waals surface area contributed by atoms with E-state index >= 15 is 0 Å². The lowest BCUT2D eigenvalue weighted by molar-refractivity contribution is 1.36. The molecule has 4 heteroatoms. The normalized spacial score (nSPS) is 10.7. The maximum atomic E-state index is 6.26. The number of rotatable bonds is 3. The number of fused-ring (bicyclic) bond motifs is 1. The van der Waals surface area contributed by atoms with E-state index in [4.69, 9.17) is 5.73 Å². The van der Waals surface area contributed by atoms with Crippen molar-refractivity contribution in [3.8, 4) is 0 Å². The number of aromatic nitrogens is 1. The van der Waals surface area contributed by atoms with E-state index < -0.39 is 0 Å². The van der Waals surface area contributed by atoms with E-state index in [9.17, 15) is 0 Å². The average molecular weight is 281 g/mol. The molecule has 3 nitrogen and oxygen atoms in total. The smallest absolute Gasteiger partial charge is 0.0634 e. The minimum Gasteiger partial charge on any atom is -0.397 e. The molecule has 0 bridgehead atoms. The van der Waals surface area contributed by atoms with Crippen LogP contribution in [0.2, 0.25) is 0 Å². The van der Waals surface area contributed by atoms with Gasteiger partial charge in [0.05, 0.1) is 17.1 Å². The summed E-state index contributed by atoms with van der Waals surface area (Å²) in [5.74, 6) is 0. The molecule has 0 unspecified atom stereocenters. The fourth-order valence-corrected chi connectivity index (χ4v) is 2.75. The van der Waals surface area contributed by atoms with Gasteiger partial charge in [-0.2, -0.15) is 0 Å². The maximum absolute atomic E-state index is 6.26. The van der Waals surface area contributed by atoms with Crippen LogP contribution in [0.4, 0.5) is 17.1 Å². The first-order valence-corrected chi connectivity index (χ1v) is 7.54. The molecule has 100 valence electrons. The van der Waals surface area contributed by atoms with E-state index in [1.54, 1.807) is 18.0 Å². The SMILES string of the molecule is CSc1ccccc1Nc1ccc2cnccc2c1N. The van der Waals surface area contributed by atoms with E-state index in [1.165, 1.54) is 4.90 Å². The standard InChI is InChI=1S/C16H15N3S/c1-20-15-5-3-2-4-13(15)19-14-7-6-11-10-18-9-8-12(11)16(14)17/h2-10,19H,17H2,1H3. The third-order valence-corrected chi connectivity index (χ3v) is 4.03. The predicted molar refractivity (Wildman–Crippen MR) is 87.7 cm³/mol. The van der Waals surface area contributed by atoms with Gasteiger partial charge in [-0.3, -0.25) is 4.98 Å². The number of hydrogen-bond donors (Lipinski definition) is 2. The highest BCUT2D eigenvalue weighted by molar-refractivity contribution is 7.98. The molecule has 3 aromatic rings. The Balaban J connectivity index is 2.05. The molecule has 0 saturated heterocycles. The molecular formula is C16H15N3S. The minimum absolute atomic E-state index is 0.751. The average Bonchev–Trinajstić information content (AvgIpc) is 2.51. The second-order valence-corrected chi connectivity index (χ2v) is 5.30. The molecule has 0 amide bonds. The highest BCUT2D eigenvalue weighted by atomic mass is 32.2. The number of nitrogens with zero attached hydrogens (tertiary/aromatic N) is 1. The van der Waals surface area contributed by atoms with Crippen LogP contribution >= 0.6 is 11.8 Å². The summed E-state index contributed by atoms with van der Waals surface area (Å²) >= 11 is 1.71. The number of nitrogens with one attached hydrogen (secondary N) is 1. The van der Waals surface area contributed by atoms with Gasteiger partial charge < -0.3 is 11.1 Å². The van der Waals surface area contributed by atoms with Crippen LogP contribution in [0, 0.1) is 0 Å². The molecule has 0 aliphatic carbocycles. The van der Waals surface area contributed by atoms with Crippen molar-refractivity contribution in [2.45, 2.75) is 4.90 Å². The Labute approximate surface area is 122 Å². The topological polar surface area (TPSA) is 50.9 Å². The third-order valence-electron chi connectivity index (χ3n) is 3.24. The van der Waals surface area contributed by atoms with Gasteiger partial charge in [-0.15, -0.1) is 11.8 Å². The highest BCUT2D eigenvalue weighted by Crippen LogP contribution is 2.33. The maximum Gasteiger partial charge on any atom is 0.0634 e. The Bertz CT molecular complexity index is 756. The highest BCUT2D eigenvalue weighted by Gasteiger charge is 2.06. The van der Waals surface area contributed by atoms with Crippen molar-refractivity contribution in [2.75, 3.05) is 17.3 Å². The van der Waals surface area contributed by atoms with Gasteiger partial charge in [-0.1, -0.05) is 18.2 Å². The largest absolute Gasteiger partial charge is 0.397 e. The molecule has 2 aromatic carbocycles. The third kappa shape index (κ3) is 2.30. The molecule has 0 fully saturated rings. The Morgan fingerprint density at radius 2 is 1.90 bits per heavy atom. The van der Waals surface area contributed by atoms with Crippen LogP contribution in [0.3, 0.4) is 0 Å². The lowest BCUT2D eigenvalue weighted by Crippen LogP contribution is -1.98. The molecule has 0 radical (unpaired) electrons. The Hall–Kier alpha value is -2.20. The summed E-state index contributed by atoms with van der Waals surface area (Å²) in [5, 5.41) is 5.49. The molecule has 1 aromatic heterocycles. The van der Waals surface area contributed by atoms with Crippen molar-refractivity contribution >= 4 is 39.6 Å². The van der Waals surface area contributed by atoms with Crippen molar-refractivity contribution in [2.24, 2.45) is 0 Å². The number of pyridine rings is 1. The molecule has 0 spiro atoms. The summed E-state index contributed by atoms with van der Waals surface area (Å²) in [6.45, 7) is 0. The molecule has 1 heterocycles. The zero-order valence-electron chi connectivity index (χ0n) is 11.1. The monoisotopic (exact) mass is 281 g/mol. The van der Waals surface area contributed by atoms with Gasteiger partial charge in [0.15, 0.2) is 0 Å². The van der Waals surface area contributed by atoms with E-state index in [-0.39, 0.29) is 0 Å². The van der Waals surface area contributed by atoms with Crippen molar-refractivity contribution < 1.29 is 0 Å². The van der Waals surface area contributed by atoms with Gasteiger partial charge in [0, 0.05) is 28.1 Å². The van der Waals surface area contributed by atoms with Crippen LogP contribution < -0.4 is 11.1 Å². The zero-order valence-corrected chi connectivity index (χ0v) is 11.9. The van der Waals surface area contributed by atoms with Gasteiger partial charge in [0.2, 0.25) is 0 Å². The quantitative estimate of drug-likeness (QED) is 0.555. The Morgan fingerprint density at radius 3 is 2.75 bits per heavy atom.